The van der Waals surface area contributed by atoms with E-state index in [0.29, 0.717) is 11.4 Å². The molecular weight excluding hydrogens is 310 g/mol. The van der Waals surface area contributed by atoms with Gasteiger partial charge in [0.05, 0.1) is 11.3 Å². The maximum atomic E-state index is 9.22. The molecule has 5 heteroatoms. The van der Waals surface area contributed by atoms with Gasteiger partial charge in [-0.25, -0.2) is 9.97 Å². The summed E-state index contributed by atoms with van der Waals surface area (Å²) in [5.41, 5.74) is 4.10. The Morgan fingerprint density at radius 1 is 1.00 bits per heavy atom. The normalized spacial score (nSPS) is 13.0. The van der Waals surface area contributed by atoms with Gasteiger partial charge in [0.1, 0.15) is 24.0 Å². The van der Waals surface area contributed by atoms with Crippen molar-refractivity contribution < 1.29 is 0 Å². The summed E-state index contributed by atoms with van der Waals surface area (Å²) in [5, 5.41) is 12.4. The van der Waals surface area contributed by atoms with Gasteiger partial charge in [-0.05, 0) is 29.7 Å². The van der Waals surface area contributed by atoms with Crippen LogP contribution in [0.1, 0.15) is 16.7 Å². The first-order valence-corrected chi connectivity index (χ1v) is 8.23. The lowest BCUT2D eigenvalue weighted by Gasteiger charge is -2.29. The number of anilines is 3. The molecule has 0 saturated carbocycles. The van der Waals surface area contributed by atoms with Crippen molar-refractivity contribution in [3.8, 4) is 6.07 Å². The van der Waals surface area contributed by atoms with E-state index in [9.17, 15) is 5.26 Å². The highest BCUT2D eigenvalue weighted by Crippen LogP contribution is 2.25. The van der Waals surface area contributed by atoms with Crippen molar-refractivity contribution in [3.63, 3.8) is 0 Å². The maximum absolute atomic E-state index is 9.22. The maximum Gasteiger partial charge on any atom is 0.135 e. The smallest absolute Gasteiger partial charge is 0.135 e. The topological polar surface area (TPSA) is 64.8 Å². The highest BCUT2D eigenvalue weighted by Gasteiger charge is 2.17. The van der Waals surface area contributed by atoms with Gasteiger partial charge in [0.15, 0.2) is 0 Å². The van der Waals surface area contributed by atoms with Crippen LogP contribution in [0.25, 0.3) is 0 Å². The predicted octanol–water partition coefficient (Wildman–Crippen LogP) is 3.65. The number of benzene rings is 2. The van der Waals surface area contributed by atoms with E-state index in [1.165, 1.54) is 11.1 Å². The van der Waals surface area contributed by atoms with E-state index in [1.54, 1.807) is 12.4 Å². The number of rotatable bonds is 3. The number of nitriles is 1. The quantitative estimate of drug-likeness (QED) is 0.795. The third kappa shape index (κ3) is 3.15. The van der Waals surface area contributed by atoms with Crippen molar-refractivity contribution in [3.05, 3.63) is 77.6 Å². The van der Waals surface area contributed by atoms with Crippen LogP contribution in [0.15, 0.2) is 60.9 Å². The zero-order chi connectivity index (χ0) is 17.1. The molecule has 2 aromatic carbocycles. The average Bonchev–Trinajstić information content (AvgIpc) is 2.68. The van der Waals surface area contributed by atoms with Crippen molar-refractivity contribution >= 4 is 17.3 Å². The molecule has 122 valence electrons. The first kappa shape index (κ1) is 15.2. The third-order valence-corrected chi connectivity index (χ3v) is 4.42. The first-order valence-electron chi connectivity index (χ1n) is 8.23. The van der Waals surface area contributed by atoms with Crippen LogP contribution < -0.4 is 10.2 Å². The molecule has 0 atom stereocenters. The highest BCUT2D eigenvalue weighted by atomic mass is 15.2. The molecule has 5 nitrogen and oxygen atoms in total. The molecule has 0 fully saturated rings. The van der Waals surface area contributed by atoms with Crippen molar-refractivity contribution in [2.75, 3.05) is 16.8 Å². The van der Waals surface area contributed by atoms with Gasteiger partial charge in [-0.1, -0.05) is 36.4 Å². The van der Waals surface area contributed by atoms with Gasteiger partial charge in [0, 0.05) is 19.2 Å². The Morgan fingerprint density at radius 2 is 1.80 bits per heavy atom. The van der Waals surface area contributed by atoms with Gasteiger partial charge < -0.3 is 10.2 Å². The number of nitrogens with zero attached hydrogens (tertiary/aromatic N) is 4. The molecule has 0 bridgehead atoms. The van der Waals surface area contributed by atoms with E-state index >= 15 is 0 Å². The molecular formula is C20H17N5. The van der Waals surface area contributed by atoms with E-state index < -0.39 is 0 Å². The van der Waals surface area contributed by atoms with Gasteiger partial charge in [-0.3, -0.25) is 0 Å². The summed E-state index contributed by atoms with van der Waals surface area (Å²) in [7, 11) is 0. The average molecular weight is 327 g/mol. The Hall–Kier alpha value is -3.39. The van der Waals surface area contributed by atoms with E-state index in [0.717, 1.165) is 31.0 Å². The molecule has 1 aliphatic heterocycles. The number of hydrogen-bond acceptors (Lipinski definition) is 5. The Labute approximate surface area is 146 Å². The second-order valence-corrected chi connectivity index (χ2v) is 5.98. The van der Waals surface area contributed by atoms with Crippen LogP contribution in [0.5, 0.6) is 0 Å². The highest BCUT2D eigenvalue weighted by molar-refractivity contribution is 5.65. The largest absolute Gasteiger partial charge is 0.352 e. The molecule has 4 rings (SSSR count). The number of nitrogens with one attached hydrogen (secondary N) is 1. The molecule has 0 saturated heterocycles. The van der Waals surface area contributed by atoms with Crippen molar-refractivity contribution in [2.24, 2.45) is 0 Å². The molecule has 0 aliphatic carbocycles. The molecule has 1 N–H and O–H groups in total. The molecule has 0 radical (unpaired) electrons. The lowest BCUT2D eigenvalue weighted by molar-refractivity contribution is 0.719. The standard InChI is InChI=1S/C20H17N5/c21-12-16-6-3-4-8-18(16)24-19-11-20(23-14-22-19)25-10-9-15-5-1-2-7-17(15)13-25/h1-8,11,14H,9-10,13H2,(H,22,23,24). The van der Waals surface area contributed by atoms with Crippen LogP contribution in [-0.4, -0.2) is 16.5 Å². The first-order chi connectivity index (χ1) is 12.3. The van der Waals surface area contributed by atoms with Gasteiger partial charge in [-0.2, -0.15) is 5.26 Å². The number of aromatic nitrogens is 2. The van der Waals surface area contributed by atoms with E-state index in [1.807, 2.05) is 24.3 Å². The minimum absolute atomic E-state index is 0.592. The van der Waals surface area contributed by atoms with Crippen LogP contribution in [0.4, 0.5) is 17.3 Å². The molecule has 1 aromatic heterocycles. The van der Waals surface area contributed by atoms with Crippen LogP contribution in [0.3, 0.4) is 0 Å². The lowest BCUT2D eigenvalue weighted by Crippen LogP contribution is -2.31. The zero-order valence-electron chi connectivity index (χ0n) is 13.7. The molecule has 0 unspecified atom stereocenters. The summed E-state index contributed by atoms with van der Waals surface area (Å²) in [6, 6.07) is 20.1. The SMILES string of the molecule is N#Cc1ccccc1Nc1cc(N2CCc3ccccc3C2)ncn1. The summed E-state index contributed by atoms with van der Waals surface area (Å²) < 4.78 is 0. The van der Waals surface area contributed by atoms with E-state index in [2.05, 4.69) is 50.5 Å². The Morgan fingerprint density at radius 3 is 2.68 bits per heavy atom. The predicted molar refractivity (Wildman–Crippen MR) is 97.7 cm³/mol. The van der Waals surface area contributed by atoms with E-state index in [4.69, 9.17) is 0 Å². The van der Waals surface area contributed by atoms with Crippen LogP contribution in [0, 0.1) is 11.3 Å². The number of para-hydroxylation sites is 1. The molecule has 0 amide bonds. The van der Waals surface area contributed by atoms with Crippen molar-refractivity contribution in [1.82, 2.24) is 9.97 Å². The molecule has 2 heterocycles. The van der Waals surface area contributed by atoms with Gasteiger partial charge in [0.2, 0.25) is 0 Å². The second-order valence-electron chi connectivity index (χ2n) is 5.98. The number of fused-ring (bicyclic) bond motifs is 1. The van der Waals surface area contributed by atoms with Crippen LogP contribution >= 0.6 is 0 Å². The summed E-state index contributed by atoms with van der Waals surface area (Å²) in [5.74, 6) is 1.58. The molecule has 3 aromatic rings. The van der Waals surface area contributed by atoms with Crippen molar-refractivity contribution in [1.29, 1.82) is 5.26 Å². The third-order valence-electron chi connectivity index (χ3n) is 4.42. The summed E-state index contributed by atoms with van der Waals surface area (Å²) in [6.45, 7) is 1.78. The van der Waals surface area contributed by atoms with E-state index in [-0.39, 0.29) is 0 Å². The van der Waals surface area contributed by atoms with Gasteiger partial charge >= 0.3 is 0 Å². The van der Waals surface area contributed by atoms with Gasteiger partial charge in [0.25, 0.3) is 0 Å². The summed E-state index contributed by atoms with van der Waals surface area (Å²) in [4.78, 5) is 11.0. The second kappa shape index (κ2) is 6.62. The van der Waals surface area contributed by atoms with Crippen LogP contribution in [-0.2, 0) is 13.0 Å². The zero-order valence-corrected chi connectivity index (χ0v) is 13.7. The minimum Gasteiger partial charge on any atom is -0.352 e. The van der Waals surface area contributed by atoms with Gasteiger partial charge in [-0.15, -0.1) is 0 Å². The monoisotopic (exact) mass is 327 g/mol. The Kier molecular flexibility index (Phi) is 4.01. The molecule has 0 spiro atoms. The van der Waals surface area contributed by atoms with Crippen LogP contribution in [0.2, 0.25) is 0 Å². The van der Waals surface area contributed by atoms with Crippen molar-refractivity contribution in [2.45, 2.75) is 13.0 Å². The Balaban J connectivity index is 1.57. The minimum atomic E-state index is 0.592. The molecule has 25 heavy (non-hydrogen) atoms. The number of hydrogen-bond donors (Lipinski definition) is 1. The summed E-state index contributed by atoms with van der Waals surface area (Å²) >= 11 is 0. The lowest BCUT2D eigenvalue weighted by atomic mass is 10.00. The molecule has 1 aliphatic rings. The Bertz CT molecular complexity index is 945. The fraction of sp³-hybridized carbons (Fsp3) is 0.150. The fourth-order valence-electron chi connectivity index (χ4n) is 3.11. The fourth-order valence-corrected chi connectivity index (χ4v) is 3.11. The summed E-state index contributed by atoms with van der Waals surface area (Å²) in [6.07, 6.45) is 2.58.